The van der Waals surface area contributed by atoms with Crippen LogP contribution in [0.25, 0.3) is 10.9 Å². The van der Waals surface area contributed by atoms with Gasteiger partial charge in [-0.1, -0.05) is 15.9 Å². The number of nitrogens with zero attached hydrogens (tertiary/aromatic N) is 2. The fourth-order valence-corrected chi connectivity index (χ4v) is 3.01. The highest BCUT2D eigenvalue weighted by Gasteiger charge is 2.23. The standard InChI is InChI=1S/C15H17BrN2O/c1-10-8-18(9-11(2)19-10)15-6-3-12-7-13(16)4-5-14(12)17-15/h3-7,10-11H,8-9H2,1-2H3. The molecule has 0 radical (unpaired) electrons. The molecule has 2 unspecified atom stereocenters. The smallest absolute Gasteiger partial charge is 0.129 e. The minimum atomic E-state index is 0.256. The third-order valence-corrected chi connectivity index (χ3v) is 3.87. The van der Waals surface area contributed by atoms with Crippen molar-refractivity contribution in [3.05, 3.63) is 34.8 Å². The number of ether oxygens (including phenoxy) is 1. The van der Waals surface area contributed by atoms with Crippen LogP contribution in [0.1, 0.15) is 13.8 Å². The zero-order valence-corrected chi connectivity index (χ0v) is 12.7. The molecule has 2 heterocycles. The van der Waals surface area contributed by atoms with Crippen LogP contribution in [0, 0.1) is 0 Å². The molecule has 0 bridgehead atoms. The Hall–Kier alpha value is -1.13. The largest absolute Gasteiger partial charge is 0.372 e. The van der Waals surface area contributed by atoms with E-state index in [9.17, 15) is 0 Å². The van der Waals surface area contributed by atoms with Crippen LogP contribution < -0.4 is 4.90 Å². The summed E-state index contributed by atoms with van der Waals surface area (Å²) in [5.74, 6) is 1.04. The fraction of sp³-hybridized carbons (Fsp3) is 0.400. The summed E-state index contributed by atoms with van der Waals surface area (Å²) < 4.78 is 6.85. The molecule has 0 aliphatic carbocycles. The summed E-state index contributed by atoms with van der Waals surface area (Å²) in [6.07, 6.45) is 0.511. The van der Waals surface area contributed by atoms with Crippen LogP contribution in [0.5, 0.6) is 0 Å². The highest BCUT2D eigenvalue weighted by Crippen LogP contribution is 2.23. The molecule has 1 aromatic carbocycles. The molecule has 2 aromatic rings. The summed E-state index contributed by atoms with van der Waals surface area (Å²) >= 11 is 3.49. The minimum absolute atomic E-state index is 0.256. The molecule has 1 aliphatic heterocycles. The second-order valence-corrected chi connectivity index (χ2v) is 6.08. The monoisotopic (exact) mass is 320 g/mol. The predicted molar refractivity (Wildman–Crippen MR) is 81.7 cm³/mol. The highest BCUT2D eigenvalue weighted by atomic mass is 79.9. The lowest BCUT2D eigenvalue weighted by atomic mass is 10.2. The first-order valence-electron chi connectivity index (χ1n) is 6.58. The molecule has 0 N–H and O–H groups in total. The number of rotatable bonds is 1. The van der Waals surface area contributed by atoms with Crippen LogP contribution >= 0.6 is 15.9 Å². The molecule has 0 saturated carbocycles. The molecule has 100 valence electrons. The van der Waals surface area contributed by atoms with Crippen LogP contribution in [-0.2, 0) is 4.74 Å². The van der Waals surface area contributed by atoms with Crippen LogP contribution in [0.4, 0.5) is 5.82 Å². The number of benzene rings is 1. The quantitative estimate of drug-likeness (QED) is 0.802. The maximum absolute atomic E-state index is 5.77. The number of hydrogen-bond donors (Lipinski definition) is 0. The molecule has 1 saturated heterocycles. The molecular weight excluding hydrogens is 304 g/mol. The lowest BCUT2D eigenvalue weighted by Crippen LogP contribution is -2.45. The van der Waals surface area contributed by atoms with Crippen molar-refractivity contribution < 1.29 is 4.74 Å². The first-order valence-corrected chi connectivity index (χ1v) is 7.38. The van der Waals surface area contributed by atoms with Gasteiger partial charge in [0.25, 0.3) is 0 Å². The van der Waals surface area contributed by atoms with Gasteiger partial charge in [-0.25, -0.2) is 4.98 Å². The Morgan fingerprint density at radius 2 is 1.89 bits per heavy atom. The highest BCUT2D eigenvalue weighted by molar-refractivity contribution is 9.10. The lowest BCUT2D eigenvalue weighted by molar-refractivity contribution is -0.00544. The van der Waals surface area contributed by atoms with Gasteiger partial charge in [-0.3, -0.25) is 0 Å². The molecular formula is C15H17BrN2O. The molecule has 2 atom stereocenters. The summed E-state index contributed by atoms with van der Waals surface area (Å²) in [6, 6.07) is 10.4. The van der Waals surface area contributed by atoms with E-state index >= 15 is 0 Å². The Bertz CT molecular complexity index is 592. The van der Waals surface area contributed by atoms with Gasteiger partial charge in [-0.05, 0) is 44.2 Å². The predicted octanol–water partition coefficient (Wildman–Crippen LogP) is 3.61. The van der Waals surface area contributed by atoms with E-state index in [-0.39, 0.29) is 12.2 Å². The van der Waals surface area contributed by atoms with E-state index in [4.69, 9.17) is 9.72 Å². The van der Waals surface area contributed by atoms with Crippen molar-refractivity contribution in [2.75, 3.05) is 18.0 Å². The summed E-state index contributed by atoms with van der Waals surface area (Å²) in [4.78, 5) is 7.06. The number of morpholine rings is 1. The first kappa shape index (κ1) is 12.9. The molecule has 1 aliphatic rings. The number of hydrogen-bond acceptors (Lipinski definition) is 3. The van der Waals surface area contributed by atoms with Gasteiger partial charge in [0.1, 0.15) is 5.82 Å². The molecule has 0 amide bonds. The van der Waals surface area contributed by atoms with Gasteiger partial charge in [0, 0.05) is 22.9 Å². The number of fused-ring (bicyclic) bond motifs is 1. The molecule has 4 heteroatoms. The first-order chi connectivity index (χ1) is 9.11. The van der Waals surface area contributed by atoms with Crippen LogP contribution in [-0.4, -0.2) is 30.3 Å². The zero-order chi connectivity index (χ0) is 13.4. The van der Waals surface area contributed by atoms with E-state index in [1.165, 1.54) is 0 Å². The average molecular weight is 321 g/mol. The van der Waals surface area contributed by atoms with Crippen molar-refractivity contribution in [2.24, 2.45) is 0 Å². The summed E-state index contributed by atoms with van der Waals surface area (Å²) in [5, 5.41) is 1.16. The van der Waals surface area contributed by atoms with Crippen molar-refractivity contribution in [3.8, 4) is 0 Å². The number of aromatic nitrogens is 1. The van der Waals surface area contributed by atoms with Crippen molar-refractivity contribution in [3.63, 3.8) is 0 Å². The topological polar surface area (TPSA) is 25.4 Å². The Balaban J connectivity index is 1.94. The molecule has 19 heavy (non-hydrogen) atoms. The maximum atomic E-state index is 5.77. The van der Waals surface area contributed by atoms with Crippen molar-refractivity contribution >= 4 is 32.7 Å². The molecule has 3 rings (SSSR count). The summed E-state index contributed by atoms with van der Waals surface area (Å²) in [6.45, 7) is 6.03. The van der Waals surface area contributed by atoms with Gasteiger partial charge in [0.05, 0.1) is 17.7 Å². The Labute approximate surface area is 121 Å². The zero-order valence-electron chi connectivity index (χ0n) is 11.1. The fourth-order valence-electron chi connectivity index (χ4n) is 2.63. The SMILES string of the molecule is CC1CN(c2ccc3cc(Br)ccc3n2)CC(C)O1. The third-order valence-electron chi connectivity index (χ3n) is 3.38. The van der Waals surface area contributed by atoms with Gasteiger partial charge in [-0.15, -0.1) is 0 Å². The lowest BCUT2D eigenvalue weighted by Gasteiger charge is -2.36. The van der Waals surface area contributed by atoms with Gasteiger partial charge >= 0.3 is 0 Å². The second-order valence-electron chi connectivity index (χ2n) is 5.17. The van der Waals surface area contributed by atoms with E-state index in [1.54, 1.807) is 0 Å². The Morgan fingerprint density at radius 3 is 2.63 bits per heavy atom. The molecule has 3 nitrogen and oxygen atoms in total. The van der Waals surface area contributed by atoms with Crippen molar-refractivity contribution in [1.29, 1.82) is 0 Å². The maximum Gasteiger partial charge on any atom is 0.129 e. The van der Waals surface area contributed by atoms with Gasteiger partial charge in [-0.2, -0.15) is 0 Å². The number of pyridine rings is 1. The summed E-state index contributed by atoms with van der Waals surface area (Å²) in [7, 11) is 0. The van der Waals surface area contributed by atoms with E-state index in [0.717, 1.165) is 34.3 Å². The van der Waals surface area contributed by atoms with E-state index in [2.05, 4.69) is 58.9 Å². The Morgan fingerprint density at radius 1 is 1.16 bits per heavy atom. The second kappa shape index (κ2) is 5.10. The molecule has 0 spiro atoms. The number of anilines is 1. The van der Waals surface area contributed by atoms with Crippen LogP contribution in [0.15, 0.2) is 34.8 Å². The normalized spacial score (nSPS) is 23.8. The van der Waals surface area contributed by atoms with Gasteiger partial charge in [0.2, 0.25) is 0 Å². The molecule has 1 fully saturated rings. The van der Waals surface area contributed by atoms with Crippen molar-refractivity contribution in [2.45, 2.75) is 26.1 Å². The van der Waals surface area contributed by atoms with E-state index in [0.29, 0.717) is 0 Å². The van der Waals surface area contributed by atoms with Crippen molar-refractivity contribution in [1.82, 2.24) is 4.98 Å². The van der Waals surface area contributed by atoms with Crippen LogP contribution in [0.3, 0.4) is 0 Å². The summed E-state index contributed by atoms with van der Waals surface area (Å²) in [5.41, 5.74) is 1.03. The van der Waals surface area contributed by atoms with Gasteiger partial charge < -0.3 is 9.64 Å². The third kappa shape index (κ3) is 2.74. The van der Waals surface area contributed by atoms with E-state index in [1.807, 2.05) is 6.07 Å². The van der Waals surface area contributed by atoms with E-state index < -0.39 is 0 Å². The van der Waals surface area contributed by atoms with Crippen LogP contribution in [0.2, 0.25) is 0 Å². The molecule has 1 aromatic heterocycles. The number of halogens is 1. The minimum Gasteiger partial charge on any atom is -0.372 e. The average Bonchev–Trinajstić information content (AvgIpc) is 2.37. The van der Waals surface area contributed by atoms with Gasteiger partial charge in [0.15, 0.2) is 0 Å². The Kier molecular flexibility index (Phi) is 3.46.